The molecule has 5 aromatic rings. The van der Waals surface area contributed by atoms with E-state index < -0.39 is 0 Å². The lowest BCUT2D eigenvalue weighted by Crippen LogP contribution is -2.47. The van der Waals surface area contributed by atoms with Crippen molar-refractivity contribution < 1.29 is 0 Å². The second kappa shape index (κ2) is 8.43. The van der Waals surface area contributed by atoms with Crippen molar-refractivity contribution >= 4 is 17.2 Å². The van der Waals surface area contributed by atoms with Gasteiger partial charge in [-0.3, -0.25) is 0 Å². The molecule has 6 rings (SSSR count). The highest BCUT2D eigenvalue weighted by molar-refractivity contribution is 5.80. The van der Waals surface area contributed by atoms with Gasteiger partial charge in [0.05, 0.1) is 11.9 Å². The Morgan fingerprint density at radius 2 is 1.18 bits per heavy atom. The molecule has 162 valence electrons. The molecular formula is C28H25N5. The van der Waals surface area contributed by atoms with Crippen LogP contribution in [0.4, 0.5) is 11.5 Å². The number of aromatic nitrogens is 3. The first-order valence-corrected chi connectivity index (χ1v) is 11.4. The van der Waals surface area contributed by atoms with E-state index in [2.05, 4.69) is 94.7 Å². The van der Waals surface area contributed by atoms with Crippen LogP contribution in [0, 0.1) is 0 Å². The van der Waals surface area contributed by atoms with Crippen molar-refractivity contribution in [3.05, 3.63) is 103 Å². The molecule has 0 saturated carbocycles. The van der Waals surface area contributed by atoms with Crippen LogP contribution in [-0.2, 0) is 0 Å². The Balaban J connectivity index is 1.41. The van der Waals surface area contributed by atoms with Crippen LogP contribution in [0.15, 0.2) is 103 Å². The summed E-state index contributed by atoms with van der Waals surface area (Å²) in [5, 5.41) is 4.78. The highest BCUT2D eigenvalue weighted by Gasteiger charge is 2.22. The van der Waals surface area contributed by atoms with Crippen molar-refractivity contribution in [2.24, 2.45) is 0 Å². The molecule has 1 aliphatic heterocycles. The highest BCUT2D eigenvalue weighted by atomic mass is 15.4. The zero-order valence-corrected chi connectivity index (χ0v) is 18.4. The molecule has 0 N–H and O–H groups in total. The molecule has 0 amide bonds. The molecule has 1 fully saturated rings. The first kappa shape index (κ1) is 19.6. The average molecular weight is 432 g/mol. The van der Waals surface area contributed by atoms with E-state index in [0.717, 1.165) is 60.0 Å². The summed E-state index contributed by atoms with van der Waals surface area (Å²) in [6, 6.07) is 33.6. The molecule has 0 radical (unpaired) electrons. The molecule has 3 heterocycles. The standard InChI is InChI=1S/C28H25N5/c1-4-10-22(11-5-1)25-21-29-33-27(20-26(30-28(25)33)23-12-6-2-7-13-23)32-18-16-31(17-19-32)24-14-8-3-9-15-24/h1-15,20-21H,16-19H2. The number of benzene rings is 3. The summed E-state index contributed by atoms with van der Waals surface area (Å²) in [6.45, 7) is 3.81. The maximum Gasteiger partial charge on any atom is 0.165 e. The minimum absolute atomic E-state index is 0.892. The van der Waals surface area contributed by atoms with Crippen LogP contribution in [0.1, 0.15) is 0 Å². The van der Waals surface area contributed by atoms with Gasteiger partial charge >= 0.3 is 0 Å². The second-order valence-electron chi connectivity index (χ2n) is 8.33. The van der Waals surface area contributed by atoms with Crippen LogP contribution in [0.5, 0.6) is 0 Å². The van der Waals surface area contributed by atoms with Crippen LogP contribution in [0.3, 0.4) is 0 Å². The molecule has 0 bridgehead atoms. The van der Waals surface area contributed by atoms with Crippen LogP contribution in [-0.4, -0.2) is 40.8 Å². The van der Waals surface area contributed by atoms with Gasteiger partial charge in [-0.15, -0.1) is 0 Å². The third-order valence-electron chi connectivity index (χ3n) is 6.33. The fraction of sp³-hybridized carbons (Fsp3) is 0.143. The number of anilines is 2. The first-order chi connectivity index (χ1) is 16.4. The highest BCUT2D eigenvalue weighted by Crippen LogP contribution is 2.31. The van der Waals surface area contributed by atoms with E-state index in [1.807, 2.05) is 22.8 Å². The fourth-order valence-electron chi connectivity index (χ4n) is 4.58. The molecule has 5 heteroatoms. The van der Waals surface area contributed by atoms with E-state index in [-0.39, 0.29) is 0 Å². The van der Waals surface area contributed by atoms with E-state index in [0.29, 0.717) is 0 Å². The Labute approximate surface area is 193 Å². The van der Waals surface area contributed by atoms with Crippen molar-refractivity contribution in [1.29, 1.82) is 0 Å². The lowest BCUT2D eigenvalue weighted by molar-refractivity contribution is 0.639. The summed E-state index contributed by atoms with van der Waals surface area (Å²) in [5.41, 5.74) is 6.45. The van der Waals surface area contributed by atoms with Gasteiger partial charge in [-0.25, -0.2) is 4.98 Å². The third-order valence-corrected chi connectivity index (χ3v) is 6.33. The van der Waals surface area contributed by atoms with E-state index in [9.17, 15) is 0 Å². The Morgan fingerprint density at radius 1 is 0.606 bits per heavy atom. The number of hydrogen-bond donors (Lipinski definition) is 0. The monoisotopic (exact) mass is 431 g/mol. The summed E-state index contributed by atoms with van der Waals surface area (Å²) >= 11 is 0. The summed E-state index contributed by atoms with van der Waals surface area (Å²) in [6.07, 6.45) is 1.94. The Morgan fingerprint density at radius 3 is 1.85 bits per heavy atom. The van der Waals surface area contributed by atoms with Crippen LogP contribution in [0.25, 0.3) is 28.0 Å². The molecule has 3 aromatic carbocycles. The van der Waals surface area contributed by atoms with Crippen molar-refractivity contribution in [2.75, 3.05) is 36.0 Å². The van der Waals surface area contributed by atoms with Gasteiger partial charge in [0, 0.05) is 49.1 Å². The van der Waals surface area contributed by atoms with Gasteiger partial charge < -0.3 is 9.80 Å². The molecule has 1 saturated heterocycles. The zero-order chi connectivity index (χ0) is 22.0. The summed E-state index contributed by atoms with van der Waals surface area (Å²) in [4.78, 5) is 9.95. The molecule has 0 unspecified atom stereocenters. The third kappa shape index (κ3) is 3.72. The average Bonchev–Trinajstić information content (AvgIpc) is 3.34. The predicted octanol–water partition coefficient (Wildman–Crippen LogP) is 5.39. The molecule has 1 aliphatic rings. The first-order valence-electron chi connectivity index (χ1n) is 11.4. The number of rotatable bonds is 4. The topological polar surface area (TPSA) is 36.7 Å². The molecule has 0 aliphatic carbocycles. The molecule has 5 nitrogen and oxygen atoms in total. The van der Waals surface area contributed by atoms with Crippen molar-refractivity contribution in [1.82, 2.24) is 14.6 Å². The molecular weight excluding hydrogens is 406 g/mol. The quantitative estimate of drug-likeness (QED) is 0.382. The van der Waals surface area contributed by atoms with Crippen molar-refractivity contribution in [3.8, 4) is 22.4 Å². The summed E-state index contributed by atoms with van der Waals surface area (Å²) < 4.78 is 2.01. The minimum atomic E-state index is 0.892. The summed E-state index contributed by atoms with van der Waals surface area (Å²) in [5.74, 6) is 1.09. The van der Waals surface area contributed by atoms with Gasteiger partial charge in [0.15, 0.2) is 5.65 Å². The number of para-hydroxylation sites is 1. The zero-order valence-electron chi connectivity index (χ0n) is 18.4. The molecule has 0 atom stereocenters. The SMILES string of the molecule is c1ccc(-c2cc(N3CCN(c4ccccc4)CC3)n3ncc(-c4ccccc4)c3n2)cc1. The van der Waals surface area contributed by atoms with E-state index >= 15 is 0 Å². The second-order valence-corrected chi connectivity index (χ2v) is 8.33. The largest absolute Gasteiger partial charge is 0.368 e. The Bertz CT molecular complexity index is 1360. The number of hydrogen-bond acceptors (Lipinski definition) is 4. The van der Waals surface area contributed by atoms with Gasteiger partial charge in [0.1, 0.15) is 5.82 Å². The van der Waals surface area contributed by atoms with Gasteiger partial charge in [-0.05, 0) is 17.7 Å². The molecule has 0 spiro atoms. The maximum atomic E-state index is 5.06. The van der Waals surface area contributed by atoms with Gasteiger partial charge in [0.2, 0.25) is 0 Å². The van der Waals surface area contributed by atoms with Gasteiger partial charge in [-0.2, -0.15) is 9.61 Å². The van der Waals surface area contributed by atoms with Gasteiger partial charge in [0.25, 0.3) is 0 Å². The van der Waals surface area contributed by atoms with E-state index in [1.165, 1.54) is 5.69 Å². The lowest BCUT2D eigenvalue weighted by atomic mass is 10.1. The maximum absolute atomic E-state index is 5.06. The van der Waals surface area contributed by atoms with Crippen molar-refractivity contribution in [3.63, 3.8) is 0 Å². The smallest absolute Gasteiger partial charge is 0.165 e. The Kier molecular flexibility index (Phi) is 5.00. The fourth-order valence-corrected chi connectivity index (χ4v) is 4.58. The number of nitrogens with zero attached hydrogens (tertiary/aromatic N) is 5. The number of fused-ring (bicyclic) bond motifs is 1. The van der Waals surface area contributed by atoms with Crippen LogP contribution >= 0.6 is 0 Å². The predicted molar refractivity (Wildman–Crippen MR) is 135 cm³/mol. The van der Waals surface area contributed by atoms with Crippen molar-refractivity contribution in [2.45, 2.75) is 0 Å². The van der Waals surface area contributed by atoms with Gasteiger partial charge in [-0.1, -0.05) is 78.9 Å². The number of piperazine rings is 1. The lowest BCUT2D eigenvalue weighted by Gasteiger charge is -2.37. The summed E-state index contributed by atoms with van der Waals surface area (Å²) in [7, 11) is 0. The minimum Gasteiger partial charge on any atom is -0.368 e. The normalized spacial score (nSPS) is 14.1. The Hall–Kier alpha value is -4.12. The molecule has 2 aromatic heterocycles. The van der Waals surface area contributed by atoms with E-state index in [1.54, 1.807) is 0 Å². The van der Waals surface area contributed by atoms with Crippen LogP contribution in [0.2, 0.25) is 0 Å². The van der Waals surface area contributed by atoms with E-state index in [4.69, 9.17) is 10.1 Å². The molecule has 33 heavy (non-hydrogen) atoms. The van der Waals surface area contributed by atoms with Crippen LogP contribution < -0.4 is 9.80 Å².